The average molecular weight is 636 g/mol. The molecule has 3 rings (SSSR count). The van der Waals surface area contributed by atoms with Crippen molar-refractivity contribution in [3.8, 4) is 11.8 Å². The number of halogens is 7. The highest BCUT2D eigenvalue weighted by Gasteiger charge is 2.35. The number of alkyl halides is 6. The molecule has 1 N–H and O–H groups in total. The van der Waals surface area contributed by atoms with E-state index in [2.05, 4.69) is 15.1 Å². The number of thioether (sulfide) groups is 1. The third-order valence-electron chi connectivity index (χ3n) is 5.16. The van der Waals surface area contributed by atoms with Gasteiger partial charge in [-0.2, -0.15) is 48.5 Å². The quantitative estimate of drug-likeness (QED) is 0.172. The minimum atomic E-state index is -4.62. The molecule has 0 radical (unpaired) electrons. The van der Waals surface area contributed by atoms with Crippen molar-refractivity contribution in [2.75, 3.05) is 29.5 Å². The van der Waals surface area contributed by atoms with E-state index in [1.54, 1.807) is 43.7 Å². The highest BCUT2D eigenvalue weighted by Crippen LogP contribution is 2.31. The number of aromatic nitrogens is 4. The Morgan fingerprint density at radius 3 is 2.43 bits per heavy atom. The molecule has 2 amide bonds. The fourth-order valence-corrected chi connectivity index (χ4v) is 4.38. The van der Waals surface area contributed by atoms with Crippen LogP contribution in [0.4, 0.5) is 32.0 Å². The molecule has 226 valence electrons. The summed E-state index contributed by atoms with van der Waals surface area (Å²) in [5.74, 6) is -0.913. The summed E-state index contributed by atoms with van der Waals surface area (Å²) >= 11 is 7.28. The number of rotatable bonds is 10. The van der Waals surface area contributed by atoms with Gasteiger partial charge in [0.1, 0.15) is 12.2 Å². The van der Waals surface area contributed by atoms with Gasteiger partial charge in [-0.1, -0.05) is 11.6 Å². The van der Waals surface area contributed by atoms with Crippen LogP contribution in [0.5, 0.6) is 0 Å². The van der Waals surface area contributed by atoms with Crippen LogP contribution in [-0.4, -0.2) is 62.3 Å². The van der Waals surface area contributed by atoms with E-state index < -0.39 is 35.8 Å². The van der Waals surface area contributed by atoms with E-state index in [1.807, 2.05) is 5.32 Å². The van der Waals surface area contributed by atoms with Crippen molar-refractivity contribution >= 4 is 40.9 Å². The van der Waals surface area contributed by atoms with Gasteiger partial charge in [0, 0.05) is 43.1 Å². The van der Waals surface area contributed by atoms with Crippen molar-refractivity contribution in [3.63, 3.8) is 0 Å². The summed E-state index contributed by atoms with van der Waals surface area (Å²) in [5, 5.41) is 14.6. The SMILES string of the molecule is CCN(C(=O)CCSCCC(F)(F)F)c1cn(-c2cccnc2)nc1Cl.N#CCNC(=O)c1cnccc1C(F)(F)F. The van der Waals surface area contributed by atoms with Crippen LogP contribution in [0.2, 0.25) is 5.15 Å². The van der Waals surface area contributed by atoms with Gasteiger partial charge in [-0.15, -0.1) is 0 Å². The van der Waals surface area contributed by atoms with Crippen LogP contribution >= 0.6 is 23.4 Å². The summed E-state index contributed by atoms with van der Waals surface area (Å²) in [6.07, 6.45) is -2.87. The second-order valence-corrected chi connectivity index (χ2v) is 9.67. The van der Waals surface area contributed by atoms with E-state index in [0.717, 1.165) is 24.2 Å². The van der Waals surface area contributed by atoms with Gasteiger partial charge in [0.25, 0.3) is 5.91 Å². The number of carbonyl (C=O) groups excluding carboxylic acids is 2. The molecule has 17 heteroatoms. The molecule has 0 bridgehead atoms. The lowest BCUT2D eigenvalue weighted by atomic mass is 10.1. The number of nitriles is 1. The lowest BCUT2D eigenvalue weighted by Crippen LogP contribution is -2.30. The van der Waals surface area contributed by atoms with E-state index in [-0.39, 0.29) is 29.8 Å². The van der Waals surface area contributed by atoms with Crippen LogP contribution in [0.3, 0.4) is 0 Å². The third kappa shape index (κ3) is 10.9. The maximum atomic E-state index is 12.5. The first-order chi connectivity index (χ1) is 19.8. The Bertz CT molecular complexity index is 1360. The van der Waals surface area contributed by atoms with Gasteiger partial charge < -0.3 is 10.2 Å². The Labute approximate surface area is 245 Å². The lowest BCUT2D eigenvalue weighted by Gasteiger charge is -2.19. The number of pyridine rings is 2. The monoisotopic (exact) mass is 635 g/mol. The molecule has 42 heavy (non-hydrogen) atoms. The maximum Gasteiger partial charge on any atom is 0.417 e. The number of hydrogen-bond donors (Lipinski definition) is 1. The predicted octanol–water partition coefficient (Wildman–Crippen LogP) is 5.70. The molecule has 3 heterocycles. The zero-order valence-corrected chi connectivity index (χ0v) is 23.5. The normalized spacial score (nSPS) is 11.2. The highest BCUT2D eigenvalue weighted by atomic mass is 35.5. The molecule has 0 atom stereocenters. The summed E-state index contributed by atoms with van der Waals surface area (Å²) < 4.78 is 75.2. The number of hydrogen-bond acceptors (Lipinski definition) is 7. The van der Waals surface area contributed by atoms with Gasteiger partial charge in [-0.3, -0.25) is 19.6 Å². The van der Waals surface area contributed by atoms with Crippen molar-refractivity contribution in [3.05, 3.63) is 65.5 Å². The smallest absolute Gasteiger partial charge is 0.339 e. The molecule has 3 aromatic rings. The van der Waals surface area contributed by atoms with Crippen LogP contribution in [-0.2, 0) is 11.0 Å². The molecule has 0 unspecified atom stereocenters. The first-order valence-corrected chi connectivity index (χ1v) is 13.6. The summed E-state index contributed by atoms with van der Waals surface area (Å²) in [6.45, 7) is 1.82. The zero-order chi connectivity index (χ0) is 31.3. The second kappa shape index (κ2) is 16.0. The van der Waals surface area contributed by atoms with Crippen LogP contribution in [0, 0.1) is 11.3 Å². The van der Waals surface area contributed by atoms with Gasteiger partial charge >= 0.3 is 12.4 Å². The van der Waals surface area contributed by atoms with E-state index in [9.17, 15) is 35.9 Å². The third-order valence-corrected chi connectivity index (χ3v) is 6.41. The van der Waals surface area contributed by atoms with Crippen LogP contribution < -0.4 is 10.2 Å². The molecule has 0 saturated heterocycles. The fraction of sp³-hybridized carbons (Fsp3) is 0.360. The first kappa shape index (κ1) is 34.4. The summed E-state index contributed by atoms with van der Waals surface area (Å²) in [4.78, 5) is 32.6. The highest BCUT2D eigenvalue weighted by molar-refractivity contribution is 7.99. The Morgan fingerprint density at radius 2 is 1.83 bits per heavy atom. The largest absolute Gasteiger partial charge is 0.417 e. The fourth-order valence-electron chi connectivity index (χ4n) is 3.25. The number of carbonyl (C=O) groups is 2. The Morgan fingerprint density at radius 1 is 1.12 bits per heavy atom. The van der Waals surface area contributed by atoms with Gasteiger partial charge in [-0.25, -0.2) is 4.68 Å². The van der Waals surface area contributed by atoms with Crippen LogP contribution in [0.25, 0.3) is 5.69 Å². The topological polar surface area (TPSA) is 117 Å². The second-order valence-electron chi connectivity index (χ2n) is 8.09. The number of amides is 2. The van der Waals surface area contributed by atoms with Crippen LogP contribution in [0.15, 0.2) is 49.2 Å². The van der Waals surface area contributed by atoms with E-state index in [4.69, 9.17) is 16.9 Å². The average Bonchev–Trinajstić information content (AvgIpc) is 3.32. The standard InChI is InChI=1S/C16H18ClF3N4OS.C9H6F3N3O/c1-2-23(14(25)5-8-26-9-6-16(18,19)20)13-11-24(22-15(13)17)12-4-3-7-21-10-12;10-9(11,12)7-1-3-14-5-6(7)8(16)15-4-2-13/h3-4,7,10-11H,2,5-6,8-9H2,1H3;1,3,5H,4H2,(H,15,16). The van der Waals surface area contributed by atoms with Crippen molar-refractivity contribution in [2.24, 2.45) is 0 Å². The van der Waals surface area contributed by atoms with E-state index >= 15 is 0 Å². The zero-order valence-electron chi connectivity index (χ0n) is 21.9. The van der Waals surface area contributed by atoms with Crippen molar-refractivity contribution in [1.29, 1.82) is 5.26 Å². The minimum Gasteiger partial charge on any atom is -0.339 e. The predicted molar refractivity (Wildman–Crippen MR) is 144 cm³/mol. The number of nitrogens with zero attached hydrogens (tertiary/aromatic N) is 6. The molecular weight excluding hydrogens is 612 g/mol. The number of anilines is 1. The first-order valence-electron chi connectivity index (χ1n) is 12.0. The minimum absolute atomic E-state index is 0.0530. The summed E-state index contributed by atoms with van der Waals surface area (Å²) in [7, 11) is 0. The van der Waals surface area contributed by atoms with Gasteiger partial charge in [0.15, 0.2) is 5.15 Å². The van der Waals surface area contributed by atoms with E-state index in [1.165, 1.54) is 9.58 Å². The van der Waals surface area contributed by atoms with E-state index in [0.29, 0.717) is 29.7 Å². The molecule has 0 aliphatic rings. The van der Waals surface area contributed by atoms with Crippen molar-refractivity contribution in [1.82, 2.24) is 25.1 Å². The Balaban J connectivity index is 0.000000330. The van der Waals surface area contributed by atoms with Crippen molar-refractivity contribution < 1.29 is 35.9 Å². The maximum absolute atomic E-state index is 12.5. The Kier molecular flexibility index (Phi) is 13.1. The molecule has 0 aliphatic heterocycles. The Hall–Kier alpha value is -3.84. The summed E-state index contributed by atoms with van der Waals surface area (Å²) in [6, 6.07) is 5.86. The molecule has 0 fully saturated rings. The molecular formula is C25H24ClF6N7O2S. The molecule has 0 aromatic carbocycles. The molecule has 0 aliphatic carbocycles. The molecule has 3 aromatic heterocycles. The van der Waals surface area contributed by atoms with Gasteiger partial charge in [-0.05, 0) is 25.1 Å². The lowest BCUT2D eigenvalue weighted by molar-refractivity contribution is -0.138. The van der Waals surface area contributed by atoms with Gasteiger partial charge in [0.05, 0.1) is 41.7 Å². The summed E-state index contributed by atoms with van der Waals surface area (Å²) in [5.41, 5.74) is -0.502. The van der Waals surface area contributed by atoms with Crippen LogP contribution in [0.1, 0.15) is 35.7 Å². The molecule has 0 saturated carbocycles. The molecule has 0 spiro atoms. The van der Waals surface area contributed by atoms with Gasteiger partial charge in [0.2, 0.25) is 5.91 Å². The number of nitrogens with one attached hydrogen (secondary N) is 1. The van der Waals surface area contributed by atoms with Crippen molar-refractivity contribution in [2.45, 2.75) is 32.1 Å². The molecule has 9 nitrogen and oxygen atoms in total.